The van der Waals surface area contributed by atoms with Gasteiger partial charge in [-0.15, -0.1) is 0 Å². The Kier molecular flexibility index (Phi) is 26.3. The average molecular weight is 258 g/mol. The van der Waals surface area contributed by atoms with Gasteiger partial charge in [0.05, 0.1) is 0 Å². The van der Waals surface area contributed by atoms with Gasteiger partial charge < -0.3 is 15.0 Å². The second kappa shape index (κ2) is 12.4. The van der Waals surface area contributed by atoms with E-state index >= 15 is 0 Å². The Hall–Kier alpha value is 2.42. The summed E-state index contributed by atoms with van der Waals surface area (Å²) in [5, 5.41) is 15.3. The van der Waals surface area contributed by atoms with Crippen LogP contribution in [-0.2, 0) is 24.5 Å². The summed E-state index contributed by atoms with van der Waals surface area (Å²) in [7, 11) is 0. The Bertz CT molecular complexity index is 202. The number of hydrogen-bond acceptors (Lipinski definition) is 6. The van der Waals surface area contributed by atoms with Crippen LogP contribution in [0.2, 0.25) is 0 Å². The van der Waals surface area contributed by atoms with Gasteiger partial charge in [-0.05, 0) is 0 Å². The van der Waals surface area contributed by atoms with E-state index in [9.17, 15) is 0 Å². The molecule has 0 unspecified atom stereocenters. The first-order valence-electron chi connectivity index (χ1n) is 1.25. The van der Waals surface area contributed by atoms with E-state index in [0.29, 0.717) is 0 Å². The third-order valence-electron chi connectivity index (χ3n) is 0. The maximum atomic E-state index is 8.58. The molecule has 7 nitrogen and oxygen atoms in total. The molecule has 0 fully saturated rings. The molecule has 0 radical (unpaired) electrons. The van der Waals surface area contributed by atoms with Crippen LogP contribution in [0.15, 0.2) is 0 Å². The van der Waals surface area contributed by atoms with Crippen LogP contribution in [0.25, 0.3) is 0 Å². The molecule has 0 aliphatic rings. The van der Waals surface area contributed by atoms with Crippen LogP contribution >= 0.6 is 0 Å². The van der Waals surface area contributed by atoms with Crippen LogP contribution in [0.4, 0.5) is 4.79 Å². The molecule has 0 saturated heterocycles. The van der Waals surface area contributed by atoms with Gasteiger partial charge in [0.15, 0.2) is 0 Å². The van der Waals surface area contributed by atoms with Crippen molar-refractivity contribution < 1.29 is 146 Å². The number of carbonyl (C=O) groups is 1. The third-order valence-corrected chi connectivity index (χ3v) is 0. The van der Waals surface area contributed by atoms with Gasteiger partial charge in [-0.25, -0.2) is 0 Å². The Balaban J connectivity index is -0.0000000383. The van der Waals surface area contributed by atoms with Gasteiger partial charge in [0.1, 0.15) is 0 Å². The molecule has 0 amide bonds. The Morgan fingerprint density at radius 2 is 1.18 bits per heavy atom. The van der Waals surface area contributed by atoms with Crippen molar-refractivity contribution in [2.45, 2.75) is 0 Å². The molecular formula is CHK2MnO7. The Morgan fingerprint density at radius 3 is 1.18 bits per heavy atom. The van der Waals surface area contributed by atoms with Crippen LogP contribution in [0.5, 0.6) is 0 Å². The second-order valence-electron chi connectivity index (χ2n) is 0.644. The Labute approximate surface area is 149 Å². The first-order chi connectivity index (χ1) is 3.73. The molecule has 0 saturated carbocycles. The van der Waals surface area contributed by atoms with Gasteiger partial charge in [-0.3, -0.25) is 0 Å². The monoisotopic (exact) mass is 258 g/mol. The normalized spacial score (nSPS) is 7.36. The van der Waals surface area contributed by atoms with E-state index < -0.39 is 19.1 Å². The molecule has 0 rings (SSSR count). The number of carboxylic acid groups (broad SMARTS) is 2. The zero-order valence-electron chi connectivity index (χ0n) is 5.77. The van der Waals surface area contributed by atoms with Crippen LogP contribution in [0.1, 0.15) is 0 Å². The SMILES string of the molecule is O=C([O-])O.[K+].[K+].[O]=[Mn](=[O])(=[O])[O-]. The molecular weight excluding hydrogens is 257 g/mol. The summed E-state index contributed by atoms with van der Waals surface area (Å²) in [5.41, 5.74) is 0. The van der Waals surface area contributed by atoms with E-state index in [1.807, 2.05) is 0 Å². The van der Waals surface area contributed by atoms with Crippen molar-refractivity contribution in [2.75, 3.05) is 0 Å². The molecule has 0 aliphatic heterocycles. The fourth-order valence-electron chi connectivity index (χ4n) is 0. The van der Waals surface area contributed by atoms with E-state index in [-0.39, 0.29) is 103 Å². The van der Waals surface area contributed by atoms with Gasteiger partial charge in [-0.1, -0.05) is 0 Å². The van der Waals surface area contributed by atoms with E-state index in [0.717, 1.165) is 0 Å². The fourth-order valence-corrected chi connectivity index (χ4v) is 0. The summed E-state index contributed by atoms with van der Waals surface area (Å²) in [4.78, 5) is 8.44. The van der Waals surface area contributed by atoms with Crippen molar-refractivity contribution in [3.63, 3.8) is 0 Å². The average Bonchev–Trinajstić information content (AvgIpc) is 1.19. The van der Waals surface area contributed by atoms with Gasteiger partial charge in [-0.2, -0.15) is 0 Å². The number of hydrogen-bond donors (Lipinski definition) is 1. The Morgan fingerprint density at radius 1 is 1.18 bits per heavy atom. The molecule has 11 heavy (non-hydrogen) atoms. The van der Waals surface area contributed by atoms with E-state index in [4.69, 9.17) is 30.7 Å². The van der Waals surface area contributed by atoms with Gasteiger partial charge in [0, 0.05) is 0 Å². The molecule has 1 N–H and O–H groups in total. The molecule has 56 valence electrons. The topological polar surface area (TPSA) is 135 Å². The minimum absolute atomic E-state index is 0. The van der Waals surface area contributed by atoms with Crippen molar-refractivity contribution in [3.8, 4) is 0 Å². The summed E-state index contributed by atoms with van der Waals surface area (Å²) < 4.78 is 34.3. The molecule has 10 heteroatoms. The van der Waals surface area contributed by atoms with Gasteiger partial charge in [0.25, 0.3) is 0 Å². The summed E-state index contributed by atoms with van der Waals surface area (Å²) in [6, 6.07) is 0. The summed E-state index contributed by atoms with van der Waals surface area (Å²) in [5.74, 6) is 0. The van der Waals surface area contributed by atoms with E-state index in [2.05, 4.69) is 0 Å². The van der Waals surface area contributed by atoms with Crippen molar-refractivity contribution in [2.24, 2.45) is 0 Å². The predicted molar refractivity (Wildman–Crippen MR) is 10.1 cm³/mol. The zero-order valence-corrected chi connectivity index (χ0v) is 13.2. The minimum atomic E-state index is -5.62. The summed E-state index contributed by atoms with van der Waals surface area (Å²) >= 11 is -5.62. The molecule has 0 atom stereocenters. The van der Waals surface area contributed by atoms with Crippen molar-refractivity contribution >= 4 is 6.16 Å². The summed E-state index contributed by atoms with van der Waals surface area (Å²) in [6.07, 6.45) is -2.08. The van der Waals surface area contributed by atoms with Gasteiger partial charge in [0.2, 0.25) is 6.16 Å². The fraction of sp³-hybridized carbons (Fsp3) is 0. The molecule has 0 aromatic rings. The number of rotatable bonds is 0. The predicted octanol–water partition coefficient (Wildman–Crippen LogP) is -8.65. The molecule has 0 aromatic carbocycles. The molecule has 0 aromatic heterocycles. The van der Waals surface area contributed by atoms with Crippen LogP contribution < -0.4 is 112 Å². The van der Waals surface area contributed by atoms with Crippen LogP contribution in [0, 0.1) is 0 Å². The standard InChI is InChI=1S/CH2O3.2K.Mn.4O/c2-1(3)4;;;;;;;/h(H2,2,3,4);;;;;;;/q;2*+1;;;;;-1/p-1. The van der Waals surface area contributed by atoms with Crippen LogP contribution in [-0.4, -0.2) is 11.3 Å². The quantitative estimate of drug-likeness (QED) is 0.426. The molecule has 0 spiro atoms. The maximum absolute atomic E-state index is 8.58. The third kappa shape index (κ3) is 230. The zero-order chi connectivity index (χ0) is 8.08. The van der Waals surface area contributed by atoms with E-state index in [1.165, 1.54) is 0 Å². The first kappa shape index (κ1) is 23.3. The van der Waals surface area contributed by atoms with E-state index in [1.54, 1.807) is 0 Å². The van der Waals surface area contributed by atoms with Crippen molar-refractivity contribution in [3.05, 3.63) is 0 Å². The van der Waals surface area contributed by atoms with Crippen molar-refractivity contribution in [1.29, 1.82) is 0 Å². The van der Waals surface area contributed by atoms with Crippen molar-refractivity contribution in [1.82, 2.24) is 0 Å². The van der Waals surface area contributed by atoms with Crippen LogP contribution in [0.3, 0.4) is 0 Å². The molecule has 0 aliphatic carbocycles. The van der Waals surface area contributed by atoms with Gasteiger partial charge >= 0.3 is 131 Å². The molecule has 0 heterocycles. The summed E-state index contributed by atoms with van der Waals surface area (Å²) in [6.45, 7) is 0. The second-order valence-corrected chi connectivity index (χ2v) is 1.82. The first-order valence-corrected chi connectivity index (χ1v) is 3.18. The molecule has 0 bridgehead atoms.